The third-order valence-electron chi connectivity index (χ3n) is 5.27. The highest BCUT2D eigenvalue weighted by molar-refractivity contribution is 5.92. The van der Waals surface area contributed by atoms with Crippen LogP contribution in [0.4, 0.5) is 23.2 Å². The topological polar surface area (TPSA) is 117 Å². The molecule has 1 saturated carbocycles. The highest BCUT2D eigenvalue weighted by atomic mass is 19.4. The number of nitrogens with zero attached hydrogens (tertiary/aromatic N) is 5. The Hall–Kier alpha value is -3.97. The Morgan fingerprint density at radius 2 is 2.00 bits per heavy atom. The standard InChI is InChI=1S/C21H20F4N6O4/c22-14-4-5-16(31(33)34)18(10-14)35-12-29-9-6-15(27-29)20(32)26-7-1-8-30-17(13-2-3-13)11-19(28-30)21(23,24)25/h4-6,9-11,13H,1-3,7-8,12H2,(H,26,32). The summed E-state index contributed by atoms with van der Waals surface area (Å²) in [5.41, 5.74) is -0.735. The van der Waals surface area contributed by atoms with Crippen molar-refractivity contribution in [2.24, 2.45) is 0 Å². The first-order chi connectivity index (χ1) is 16.6. The van der Waals surface area contributed by atoms with Crippen LogP contribution in [-0.4, -0.2) is 36.9 Å². The molecular formula is C21H20F4N6O4. The van der Waals surface area contributed by atoms with E-state index in [-0.39, 0.29) is 37.2 Å². The van der Waals surface area contributed by atoms with Crippen molar-refractivity contribution < 1.29 is 32.0 Å². The zero-order chi connectivity index (χ0) is 25.2. The zero-order valence-electron chi connectivity index (χ0n) is 18.2. The van der Waals surface area contributed by atoms with Crippen LogP contribution in [-0.2, 0) is 19.5 Å². The Kier molecular flexibility index (Phi) is 6.71. The highest BCUT2D eigenvalue weighted by Crippen LogP contribution is 2.42. The molecule has 0 saturated heterocycles. The molecule has 0 atom stereocenters. The second-order valence-electron chi connectivity index (χ2n) is 7.94. The third-order valence-corrected chi connectivity index (χ3v) is 5.27. The number of hydrogen-bond donors (Lipinski definition) is 1. The van der Waals surface area contributed by atoms with E-state index in [1.807, 2.05) is 0 Å². The van der Waals surface area contributed by atoms with Crippen LogP contribution in [0.2, 0.25) is 0 Å². The number of nitrogens with one attached hydrogen (secondary N) is 1. The van der Waals surface area contributed by atoms with Gasteiger partial charge in [0.2, 0.25) is 5.75 Å². The average molecular weight is 496 g/mol. The number of nitro groups is 1. The summed E-state index contributed by atoms with van der Waals surface area (Å²) >= 11 is 0. The second kappa shape index (κ2) is 9.72. The summed E-state index contributed by atoms with van der Waals surface area (Å²) in [5, 5.41) is 21.3. The van der Waals surface area contributed by atoms with E-state index >= 15 is 0 Å². The number of halogens is 4. The minimum atomic E-state index is -4.51. The number of benzene rings is 1. The quantitative estimate of drug-likeness (QED) is 0.197. The van der Waals surface area contributed by atoms with Crippen molar-refractivity contribution in [3.05, 3.63) is 69.5 Å². The number of aromatic nitrogens is 4. The molecule has 1 fully saturated rings. The average Bonchev–Trinajstić information content (AvgIpc) is 3.35. The molecule has 0 radical (unpaired) electrons. The minimum Gasteiger partial charge on any atom is -0.464 e. The van der Waals surface area contributed by atoms with Gasteiger partial charge in [0.25, 0.3) is 5.91 Å². The maximum Gasteiger partial charge on any atom is 0.435 e. The smallest absolute Gasteiger partial charge is 0.435 e. The van der Waals surface area contributed by atoms with Gasteiger partial charge in [0.15, 0.2) is 12.4 Å². The number of rotatable bonds is 10. The lowest BCUT2D eigenvalue weighted by atomic mass is 10.2. The van der Waals surface area contributed by atoms with E-state index in [1.165, 1.54) is 21.6 Å². The van der Waals surface area contributed by atoms with Gasteiger partial charge in [0, 0.05) is 43.0 Å². The zero-order valence-corrected chi connectivity index (χ0v) is 18.2. The van der Waals surface area contributed by atoms with Gasteiger partial charge in [-0.1, -0.05) is 0 Å². The first-order valence-electron chi connectivity index (χ1n) is 10.6. The monoisotopic (exact) mass is 496 g/mol. The SMILES string of the molecule is O=C(NCCCn1nc(C(F)(F)F)cc1C1CC1)c1ccn(COc2cc(F)ccc2[N+](=O)[O-])n1. The first-order valence-corrected chi connectivity index (χ1v) is 10.6. The van der Waals surface area contributed by atoms with E-state index in [1.54, 1.807) is 0 Å². The fourth-order valence-electron chi connectivity index (χ4n) is 3.42. The van der Waals surface area contributed by atoms with Gasteiger partial charge < -0.3 is 10.1 Å². The van der Waals surface area contributed by atoms with Crippen LogP contribution in [0.5, 0.6) is 5.75 Å². The van der Waals surface area contributed by atoms with Crippen molar-refractivity contribution in [2.75, 3.05) is 6.54 Å². The van der Waals surface area contributed by atoms with E-state index in [4.69, 9.17) is 4.74 Å². The summed E-state index contributed by atoms with van der Waals surface area (Å²) in [6.07, 6.45) is -1.08. The molecule has 2 heterocycles. The Labute approximate surface area is 195 Å². The van der Waals surface area contributed by atoms with Crippen LogP contribution in [0.1, 0.15) is 47.1 Å². The number of carbonyl (C=O) groups is 1. The van der Waals surface area contributed by atoms with Gasteiger partial charge in [-0.05, 0) is 37.5 Å². The first kappa shape index (κ1) is 24.2. The molecule has 14 heteroatoms. The van der Waals surface area contributed by atoms with Crippen molar-refractivity contribution in [3.8, 4) is 5.75 Å². The molecule has 1 N–H and O–H groups in total. The van der Waals surface area contributed by atoms with Crippen LogP contribution in [0.25, 0.3) is 0 Å². The van der Waals surface area contributed by atoms with Crippen molar-refractivity contribution >= 4 is 11.6 Å². The predicted molar refractivity (Wildman–Crippen MR) is 112 cm³/mol. The normalized spacial score (nSPS) is 13.6. The Balaban J connectivity index is 1.28. The van der Waals surface area contributed by atoms with Gasteiger partial charge in [-0.25, -0.2) is 9.07 Å². The summed E-state index contributed by atoms with van der Waals surface area (Å²) in [5.74, 6) is -1.41. The maximum absolute atomic E-state index is 13.4. The van der Waals surface area contributed by atoms with Crippen molar-refractivity contribution in [3.63, 3.8) is 0 Å². The molecule has 0 unspecified atom stereocenters. The lowest BCUT2D eigenvalue weighted by Gasteiger charge is -2.08. The Morgan fingerprint density at radius 1 is 1.23 bits per heavy atom. The molecule has 2 aromatic heterocycles. The molecule has 1 amide bonds. The number of hydrogen-bond acceptors (Lipinski definition) is 6. The molecule has 1 aromatic carbocycles. The molecule has 3 aromatic rings. The summed E-state index contributed by atoms with van der Waals surface area (Å²) < 4.78 is 60.1. The fraction of sp³-hybridized carbons (Fsp3) is 0.381. The van der Waals surface area contributed by atoms with E-state index in [2.05, 4.69) is 15.5 Å². The predicted octanol–water partition coefficient (Wildman–Crippen LogP) is 3.88. The van der Waals surface area contributed by atoms with Crippen molar-refractivity contribution in [1.29, 1.82) is 0 Å². The van der Waals surface area contributed by atoms with E-state index < -0.39 is 34.2 Å². The fourth-order valence-corrected chi connectivity index (χ4v) is 3.42. The summed E-state index contributed by atoms with van der Waals surface area (Å²) in [6, 6.07) is 5.28. The molecule has 1 aliphatic carbocycles. The maximum atomic E-state index is 13.4. The molecule has 4 rings (SSSR count). The van der Waals surface area contributed by atoms with Crippen molar-refractivity contribution in [2.45, 2.75) is 44.6 Å². The third kappa shape index (κ3) is 5.94. The number of alkyl halides is 3. The lowest BCUT2D eigenvalue weighted by Crippen LogP contribution is -2.26. The van der Waals surface area contributed by atoms with E-state index in [0.717, 1.165) is 37.1 Å². The number of aryl methyl sites for hydroxylation is 1. The Bertz CT molecular complexity index is 1230. The Morgan fingerprint density at radius 3 is 2.69 bits per heavy atom. The van der Waals surface area contributed by atoms with Gasteiger partial charge in [-0.2, -0.15) is 23.4 Å². The molecule has 1 aliphatic rings. The molecule has 35 heavy (non-hydrogen) atoms. The number of nitro benzene ring substituents is 1. The van der Waals surface area contributed by atoms with Crippen LogP contribution in [0.3, 0.4) is 0 Å². The summed E-state index contributed by atoms with van der Waals surface area (Å²) in [6.45, 7) is 0.0994. The van der Waals surface area contributed by atoms with Gasteiger partial charge in [-0.3, -0.25) is 19.6 Å². The minimum absolute atomic E-state index is 0.0412. The van der Waals surface area contributed by atoms with Gasteiger partial charge in [0.05, 0.1) is 4.92 Å². The molecule has 0 aliphatic heterocycles. The number of carbonyl (C=O) groups excluding carboxylic acids is 1. The summed E-state index contributed by atoms with van der Waals surface area (Å²) in [7, 11) is 0. The van der Waals surface area contributed by atoms with E-state index in [9.17, 15) is 32.5 Å². The second-order valence-corrected chi connectivity index (χ2v) is 7.94. The van der Waals surface area contributed by atoms with E-state index in [0.29, 0.717) is 12.1 Å². The largest absolute Gasteiger partial charge is 0.464 e. The molecule has 0 spiro atoms. The van der Waals surface area contributed by atoms with Crippen LogP contribution < -0.4 is 10.1 Å². The van der Waals surface area contributed by atoms with Crippen molar-refractivity contribution in [1.82, 2.24) is 24.9 Å². The number of amides is 1. The highest BCUT2D eigenvalue weighted by Gasteiger charge is 2.37. The molecular weight excluding hydrogens is 476 g/mol. The molecule has 10 nitrogen and oxygen atoms in total. The van der Waals surface area contributed by atoms with Gasteiger partial charge in [-0.15, -0.1) is 0 Å². The van der Waals surface area contributed by atoms with Crippen LogP contribution >= 0.6 is 0 Å². The van der Waals surface area contributed by atoms with Gasteiger partial charge >= 0.3 is 11.9 Å². The van der Waals surface area contributed by atoms with Crippen LogP contribution in [0.15, 0.2) is 36.5 Å². The van der Waals surface area contributed by atoms with Gasteiger partial charge in [0.1, 0.15) is 11.5 Å². The summed E-state index contributed by atoms with van der Waals surface area (Å²) in [4.78, 5) is 22.6. The number of ether oxygens (including phenoxy) is 1. The molecule has 186 valence electrons. The lowest BCUT2D eigenvalue weighted by molar-refractivity contribution is -0.386. The molecule has 0 bridgehead atoms. The van der Waals surface area contributed by atoms with Crippen LogP contribution in [0, 0.1) is 15.9 Å².